The van der Waals surface area contributed by atoms with Crippen LogP contribution in [0, 0.1) is 0 Å². The van der Waals surface area contributed by atoms with E-state index in [-0.39, 0.29) is 24.0 Å². The SMILES string of the molecule is Nc1ccc2c(c1)N(C(=O)CCS)C(=O)CS2. The summed E-state index contributed by atoms with van der Waals surface area (Å²) >= 11 is 5.44. The number of rotatable bonds is 2. The quantitative estimate of drug-likeness (QED) is 0.631. The molecule has 2 N–H and O–H groups in total. The summed E-state index contributed by atoms with van der Waals surface area (Å²) in [6, 6.07) is 5.27. The van der Waals surface area contributed by atoms with Crippen LogP contribution in [0.1, 0.15) is 6.42 Å². The Morgan fingerprint density at radius 1 is 1.53 bits per heavy atom. The average molecular weight is 268 g/mol. The molecule has 1 aromatic carbocycles. The van der Waals surface area contributed by atoms with Crippen LogP contribution < -0.4 is 10.6 Å². The highest BCUT2D eigenvalue weighted by molar-refractivity contribution is 8.00. The minimum atomic E-state index is -0.225. The minimum absolute atomic E-state index is 0.195. The van der Waals surface area contributed by atoms with Gasteiger partial charge >= 0.3 is 0 Å². The van der Waals surface area contributed by atoms with Crippen LogP contribution in [0.5, 0.6) is 0 Å². The number of benzene rings is 1. The smallest absolute Gasteiger partial charge is 0.244 e. The Morgan fingerprint density at radius 2 is 2.29 bits per heavy atom. The lowest BCUT2D eigenvalue weighted by atomic mass is 10.2. The van der Waals surface area contributed by atoms with Gasteiger partial charge in [-0.2, -0.15) is 12.6 Å². The lowest BCUT2D eigenvalue weighted by molar-refractivity contribution is -0.125. The van der Waals surface area contributed by atoms with E-state index in [1.807, 2.05) is 6.07 Å². The third kappa shape index (κ3) is 2.42. The molecule has 4 nitrogen and oxygen atoms in total. The first-order chi connectivity index (χ1) is 8.13. The molecule has 0 fully saturated rings. The number of carbonyl (C=O) groups excluding carboxylic acids is 2. The van der Waals surface area contributed by atoms with Crippen LogP contribution in [0.15, 0.2) is 23.1 Å². The zero-order chi connectivity index (χ0) is 12.4. The number of hydrogen-bond acceptors (Lipinski definition) is 5. The van der Waals surface area contributed by atoms with Crippen molar-refractivity contribution in [3.05, 3.63) is 18.2 Å². The van der Waals surface area contributed by atoms with Gasteiger partial charge in [-0.05, 0) is 24.0 Å². The lowest BCUT2D eigenvalue weighted by Crippen LogP contribution is -2.40. The topological polar surface area (TPSA) is 63.4 Å². The first-order valence-electron chi connectivity index (χ1n) is 5.12. The van der Waals surface area contributed by atoms with Crippen molar-refractivity contribution >= 4 is 47.6 Å². The molecule has 6 heteroatoms. The number of amides is 2. The van der Waals surface area contributed by atoms with Gasteiger partial charge < -0.3 is 5.73 Å². The van der Waals surface area contributed by atoms with Gasteiger partial charge in [0.1, 0.15) is 0 Å². The number of fused-ring (bicyclic) bond motifs is 1. The van der Waals surface area contributed by atoms with Crippen LogP contribution in [0.3, 0.4) is 0 Å². The maximum absolute atomic E-state index is 11.9. The largest absolute Gasteiger partial charge is 0.399 e. The number of anilines is 2. The van der Waals surface area contributed by atoms with Gasteiger partial charge in [0.15, 0.2) is 0 Å². The maximum atomic E-state index is 11.9. The summed E-state index contributed by atoms with van der Waals surface area (Å²) in [5.74, 6) is 0.292. The standard InChI is InChI=1S/C11H12N2O2S2/c12-7-1-2-9-8(5-7)13(10(14)3-4-16)11(15)6-17-9/h1-2,5,16H,3-4,6,12H2. The molecule has 1 heterocycles. The fourth-order valence-corrected chi connectivity index (χ4v) is 2.71. The van der Waals surface area contributed by atoms with Crippen molar-refractivity contribution in [3.63, 3.8) is 0 Å². The molecule has 0 spiro atoms. The number of imide groups is 1. The van der Waals surface area contributed by atoms with E-state index in [1.54, 1.807) is 12.1 Å². The molecule has 0 saturated carbocycles. The van der Waals surface area contributed by atoms with Crippen molar-refractivity contribution in [2.45, 2.75) is 11.3 Å². The van der Waals surface area contributed by atoms with Gasteiger partial charge in [-0.25, -0.2) is 4.90 Å². The second kappa shape index (κ2) is 5.01. The van der Waals surface area contributed by atoms with Crippen LogP contribution in [0.2, 0.25) is 0 Å². The summed E-state index contributed by atoms with van der Waals surface area (Å²) in [6.45, 7) is 0. The van der Waals surface area contributed by atoms with Crippen LogP contribution in [0.25, 0.3) is 0 Å². The van der Waals surface area contributed by atoms with Gasteiger partial charge in [-0.1, -0.05) is 0 Å². The number of hydrogen-bond donors (Lipinski definition) is 2. The number of thioether (sulfide) groups is 1. The fourth-order valence-electron chi connectivity index (χ4n) is 1.65. The molecule has 0 aromatic heterocycles. The predicted octanol–water partition coefficient (Wildman–Crippen LogP) is 1.55. The molecule has 2 rings (SSSR count). The summed E-state index contributed by atoms with van der Waals surface area (Å²) in [5, 5.41) is 0. The number of nitrogens with two attached hydrogens (primary N) is 1. The van der Waals surface area contributed by atoms with E-state index in [2.05, 4.69) is 12.6 Å². The second-order valence-electron chi connectivity index (χ2n) is 3.61. The molecular formula is C11H12N2O2S2. The first-order valence-corrected chi connectivity index (χ1v) is 6.74. The Morgan fingerprint density at radius 3 is 3.00 bits per heavy atom. The van der Waals surface area contributed by atoms with Crippen LogP contribution >= 0.6 is 24.4 Å². The molecule has 2 amide bonds. The highest BCUT2D eigenvalue weighted by atomic mass is 32.2. The Bertz CT molecular complexity index is 477. The highest BCUT2D eigenvalue weighted by Gasteiger charge is 2.29. The van der Waals surface area contributed by atoms with Gasteiger partial charge in [0.2, 0.25) is 11.8 Å². The molecule has 0 saturated heterocycles. The molecule has 90 valence electrons. The first kappa shape index (κ1) is 12.3. The van der Waals surface area contributed by atoms with E-state index in [0.717, 1.165) is 4.90 Å². The number of carbonyl (C=O) groups is 2. The van der Waals surface area contributed by atoms with Gasteiger partial charge in [-0.3, -0.25) is 9.59 Å². The monoisotopic (exact) mass is 268 g/mol. The van der Waals surface area contributed by atoms with Crippen molar-refractivity contribution in [2.24, 2.45) is 0 Å². The van der Waals surface area contributed by atoms with Crippen molar-refractivity contribution in [1.29, 1.82) is 0 Å². The zero-order valence-corrected chi connectivity index (χ0v) is 10.8. The fraction of sp³-hybridized carbons (Fsp3) is 0.273. The Hall–Kier alpha value is -1.14. The van der Waals surface area contributed by atoms with E-state index in [0.29, 0.717) is 17.1 Å². The van der Waals surface area contributed by atoms with Crippen molar-refractivity contribution < 1.29 is 9.59 Å². The summed E-state index contributed by atoms with van der Waals surface area (Å²) in [6.07, 6.45) is 0.244. The highest BCUT2D eigenvalue weighted by Crippen LogP contribution is 2.36. The summed E-state index contributed by atoms with van der Waals surface area (Å²) in [5.41, 5.74) is 6.83. The molecular weight excluding hydrogens is 256 g/mol. The Balaban J connectivity index is 2.42. The zero-order valence-electron chi connectivity index (χ0n) is 9.05. The van der Waals surface area contributed by atoms with Crippen molar-refractivity contribution in [3.8, 4) is 0 Å². The van der Waals surface area contributed by atoms with Crippen molar-refractivity contribution in [2.75, 3.05) is 22.1 Å². The second-order valence-corrected chi connectivity index (χ2v) is 5.08. The van der Waals surface area contributed by atoms with E-state index >= 15 is 0 Å². The Kier molecular flexibility index (Phi) is 3.63. The lowest BCUT2D eigenvalue weighted by Gasteiger charge is -2.27. The van der Waals surface area contributed by atoms with E-state index in [4.69, 9.17) is 5.73 Å². The van der Waals surface area contributed by atoms with Gasteiger partial charge in [0, 0.05) is 17.0 Å². The van der Waals surface area contributed by atoms with Crippen LogP contribution in [-0.2, 0) is 9.59 Å². The van der Waals surface area contributed by atoms with E-state index < -0.39 is 0 Å². The Labute approximate surface area is 109 Å². The molecule has 1 aliphatic rings. The molecule has 0 radical (unpaired) electrons. The van der Waals surface area contributed by atoms with Gasteiger partial charge in [0.25, 0.3) is 0 Å². The summed E-state index contributed by atoms with van der Waals surface area (Å²) in [4.78, 5) is 25.8. The van der Waals surface area contributed by atoms with E-state index in [1.165, 1.54) is 16.7 Å². The molecule has 1 aliphatic heterocycles. The van der Waals surface area contributed by atoms with Crippen molar-refractivity contribution in [1.82, 2.24) is 0 Å². The minimum Gasteiger partial charge on any atom is -0.399 e. The molecule has 0 aliphatic carbocycles. The molecule has 1 aromatic rings. The molecule has 17 heavy (non-hydrogen) atoms. The van der Waals surface area contributed by atoms with Crippen LogP contribution in [-0.4, -0.2) is 23.3 Å². The average Bonchev–Trinajstić information content (AvgIpc) is 2.28. The molecule has 0 unspecified atom stereocenters. The maximum Gasteiger partial charge on any atom is 0.244 e. The summed E-state index contributed by atoms with van der Waals surface area (Å²) in [7, 11) is 0. The van der Waals surface area contributed by atoms with Crippen LogP contribution in [0.4, 0.5) is 11.4 Å². The summed E-state index contributed by atoms with van der Waals surface area (Å²) < 4.78 is 0. The molecule has 0 atom stereocenters. The number of nitrogens with zero attached hydrogens (tertiary/aromatic N) is 1. The predicted molar refractivity (Wildman–Crippen MR) is 72.5 cm³/mol. The number of thiol groups is 1. The van der Waals surface area contributed by atoms with Gasteiger partial charge in [0.05, 0.1) is 11.4 Å². The third-order valence-corrected chi connectivity index (χ3v) is 3.67. The van der Waals surface area contributed by atoms with E-state index in [9.17, 15) is 9.59 Å². The van der Waals surface area contributed by atoms with Gasteiger partial charge in [-0.15, -0.1) is 11.8 Å². The number of nitrogen functional groups attached to an aromatic ring is 1. The normalized spacial score (nSPS) is 14.6. The molecule has 0 bridgehead atoms. The third-order valence-electron chi connectivity index (χ3n) is 2.40.